The van der Waals surface area contributed by atoms with Crippen molar-refractivity contribution >= 4 is 21.6 Å². The monoisotopic (exact) mass is 417 g/mol. The number of fused-ring (bicyclic) bond motifs is 2. The summed E-state index contributed by atoms with van der Waals surface area (Å²) in [5, 5.41) is 8.11. The van der Waals surface area contributed by atoms with Gasteiger partial charge in [-0.15, -0.1) is 0 Å². The van der Waals surface area contributed by atoms with Crippen LogP contribution in [0.15, 0.2) is 47.4 Å². The van der Waals surface area contributed by atoms with Crippen molar-refractivity contribution in [2.24, 2.45) is 5.14 Å². The van der Waals surface area contributed by atoms with Gasteiger partial charge in [0.15, 0.2) is 11.5 Å². The van der Waals surface area contributed by atoms with Crippen molar-refractivity contribution in [3.8, 4) is 11.5 Å². The Morgan fingerprint density at radius 3 is 2.76 bits per heavy atom. The number of carbonyl (C=O) groups excluding carboxylic acids is 1. The molecule has 2 aromatic rings. The maximum Gasteiger partial charge on any atom is 0.239 e. The average molecular weight is 417 g/mol. The van der Waals surface area contributed by atoms with Gasteiger partial charge in [-0.3, -0.25) is 4.79 Å². The number of carbonyl (C=O) groups is 1. The number of nitrogens with one attached hydrogen (secondary N) is 1. The number of hydrogen-bond donors (Lipinski definition) is 2. The van der Waals surface area contributed by atoms with Crippen LogP contribution in [0.3, 0.4) is 0 Å². The highest BCUT2D eigenvalue weighted by Crippen LogP contribution is 2.33. The number of ether oxygens (including phenoxy) is 2. The molecule has 2 heterocycles. The summed E-state index contributed by atoms with van der Waals surface area (Å²) in [6.45, 7) is 2.88. The Kier molecular flexibility index (Phi) is 5.10. The van der Waals surface area contributed by atoms with E-state index < -0.39 is 10.0 Å². The maximum absolute atomic E-state index is 12.5. The molecule has 0 aromatic heterocycles. The Bertz CT molecular complexity index is 1040. The van der Waals surface area contributed by atoms with Crippen molar-refractivity contribution in [1.82, 2.24) is 5.32 Å². The molecule has 29 heavy (non-hydrogen) atoms. The second-order valence-electron chi connectivity index (χ2n) is 7.32. The summed E-state index contributed by atoms with van der Waals surface area (Å²) in [7, 11) is -3.75. The van der Waals surface area contributed by atoms with Gasteiger partial charge in [-0.05, 0) is 49.2 Å². The molecule has 4 rings (SSSR count). The van der Waals surface area contributed by atoms with Crippen LogP contribution in [0.2, 0.25) is 0 Å². The minimum absolute atomic E-state index is 0.0765. The van der Waals surface area contributed by atoms with Gasteiger partial charge in [0.05, 0.1) is 18.0 Å². The summed E-state index contributed by atoms with van der Waals surface area (Å²) in [6, 6.07) is 12.3. The van der Waals surface area contributed by atoms with Gasteiger partial charge in [0.25, 0.3) is 0 Å². The summed E-state index contributed by atoms with van der Waals surface area (Å²) in [5.41, 5.74) is 1.73. The highest BCUT2D eigenvalue weighted by atomic mass is 32.2. The Morgan fingerprint density at radius 2 is 2.00 bits per heavy atom. The molecule has 8 nitrogen and oxygen atoms in total. The molecule has 0 radical (unpaired) electrons. The number of para-hydroxylation sites is 2. The van der Waals surface area contributed by atoms with Crippen LogP contribution >= 0.6 is 0 Å². The molecule has 0 saturated heterocycles. The summed E-state index contributed by atoms with van der Waals surface area (Å²) < 4.78 is 34.6. The van der Waals surface area contributed by atoms with E-state index in [9.17, 15) is 13.2 Å². The number of hydrogen-bond acceptors (Lipinski definition) is 6. The van der Waals surface area contributed by atoms with Crippen LogP contribution in [0, 0.1) is 0 Å². The normalized spacial score (nSPS) is 20.3. The molecule has 154 valence electrons. The van der Waals surface area contributed by atoms with Crippen LogP contribution < -0.4 is 24.8 Å². The van der Waals surface area contributed by atoms with E-state index in [1.807, 2.05) is 36.1 Å². The molecule has 2 aliphatic rings. The SMILES string of the molecule is C[C@H]1Cc2cc(S(N)(=O)=O)ccc2N1CC(=O)NC[C@@H]1COc2ccccc2O1. The van der Waals surface area contributed by atoms with E-state index in [1.165, 1.54) is 6.07 Å². The van der Waals surface area contributed by atoms with Gasteiger partial charge in [-0.25, -0.2) is 13.6 Å². The van der Waals surface area contributed by atoms with E-state index in [-0.39, 0.29) is 29.5 Å². The van der Waals surface area contributed by atoms with Crippen LogP contribution in [0.4, 0.5) is 5.69 Å². The molecule has 0 aliphatic carbocycles. The van der Waals surface area contributed by atoms with E-state index in [4.69, 9.17) is 14.6 Å². The largest absolute Gasteiger partial charge is 0.486 e. The second kappa shape index (κ2) is 7.57. The minimum atomic E-state index is -3.75. The zero-order valence-electron chi connectivity index (χ0n) is 16.0. The van der Waals surface area contributed by atoms with E-state index in [0.717, 1.165) is 11.3 Å². The number of nitrogens with zero attached hydrogens (tertiary/aromatic N) is 1. The van der Waals surface area contributed by atoms with Crippen molar-refractivity contribution < 1.29 is 22.7 Å². The van der Waals surface area contributed by atoms with Crippen LogP contribution in [0.25, 0.3) is 0 Å². The Morgan fingerprint density at radius 1 is 1.24 bits per heavy atom. The molecular weight excluding hydrogens is 394 g/mol. The van der Waals surface area contributed by atoms with Gasteiger partial charge >= 0.3 is 0 Å². The smallest absolute Gasteiger partial charge is 0.239 e. The third kappa shape index (κ3) is 4.15. The molecule has 2 aliphatic heterocycles. The number of anilines is 1. The van der Waals surface area contributed by atoms with E-state index >= 15 is 0 Å². The molecule has 2 atom stereocenters. The number of primary sulfonamides is 1. The highest BCUT2D eigenvalue weighted by Gasteiger charge is 2.29. The molecule has 3 N–H and O–H groups in total. The van der Waals surface area contributed by atoms with Crippen molar-refractivity contribution in [3.63, 3.8) is 0 Å². The molecule has 0 spiro atoms. The number of nitrogens with two attached hydrogens (primary N) is 1. The highest BCUT2D eigenvalue weighted by molar-refractivity contribution is 7.89. The maximum atomic E-state index is 12.5. The lowest BCUT2D eigenvalue weighted by molar-refractivity contribution is -0.120. The van der Waals surface area contributed by atoms with Gasteiger partial charge in [0.1, 0.15) is 12.7 Å². The van der Waals surface area contributed by atoms with Crippen LogP contribution in [0.1, 0.15) is 12.5 Å². The van der Waals surface area contributed by atoms with Crippen LogP contribution in [-0.4, -0.2) is 46.2 Å². The standard InChI is InChI=1S/C20H23N3O5S/c1-13-8-14-9-16(29(21,25)26)6-7-17(14)23(13)11-20(24)22-10-15-12-27-18-4-2-3-5-19(18)28-15/h2-7,9,13,15H,8,10-12H2,1H3,(H,22,24)(H2,21,25,26)/t13-,15+/m0/s1. The fraction of sp³-hybridized carbons (Fsp3) is 0.350. The third-order valence-corrected chi connectivity index (χ3v) is 6.06. The minimum Gasteiger partial charge on any atom is -0.486 e. The number of rotatable bonds is 5. The Balaban J connectivity index is 1.36. The number of amides is 1. The summed E-state index contributed by atoms with van der Waals surface area (Å²) in [6.07, 6.45) is 0.400. The Labute approximate surface area is 169 Å². The molecule has 0 saturated carbocycles. The fourth-order valence-electron chi connectivity index (χ4n) is 3.69. The summed E-state index contributed by atoms with van der Waals surface area (Å²) in [5.74, 6) is 1.24. The zero-order chi connectivity index (χ0) is 20.6. The van der Waals surface area contributed by atoms with Crippen molar-refractivity contribution in [2.45, 2.75) is 30.4 Å². The van der Waals surface area contributed by atoms with Gasteiger partial charge in [0.2, 0.25) is 15.9 Å². The second-order valence-corrected chi connectivity index (χ2v) is 8.88. The predicted octanol–water partition coefficient (Wildman–Crippen LogP) is 1.04. The van der Waals surface area contributed by atoms with E-state index in [0.29, 0.717) is 31.1 Å². The lowest BCUT2D eigenvalue weighted by Crippen LogP contribution is -2.45. The lowest BCUT2D eigenvalue weighted by Gasteiger charge is -2.28. The predicted molar refractivity (Wildman–Crippen MR) is 108 cm³/mol. The quantitative estimate of drug-likeness (QED) is 0.752. The average Bonchev–Trinajstić information content (AvgIpc) is 3.00. The summed E-state index contributed by atoms with van der Waals surface area (Å²) in [4.78, 5) is 14.6. The fourth-order valence-corrected chi connectivity index (χ4v) is 4.26. The first kappa shape index (κ1) is 19.5. The molecule has 1 amide bonds. The molecule has 9 heteroatoms. The molecule has 0 unspecified atom stereocenters. The Hall–Kier alpha value is -2.78. The van der Waals surface area contributed by atoms with Gasteiger partial charge in [-0.2, -0.15) is 0 Å². The van der Waals surface area contributed by atoms with E-state index in [2.05, 4.69) is 5.32 Å². The molecule has 0 fully saturated rings. The van der Waals surface area contributed by atoms with Gasteiger partial charge < -0.3 is 19.7 Å². The number of benzene rings is 2. The van der Waals surface area contributed by atoms with Crippen molar-refractivity contribution in [3.05, 3.63) is 48.0 Å². The number of sulfonamides is 1. The molecule has 0 bridgehead atoms. The third-order valence-electron chi connectivity index (χ3n) is 5.14. The van der Waals surface area contributed by atoms with Crippen molar-refractivity contribution in [2.75, 3.05) is 24.6 Å². The zero-order valence-corrected chi connectivity index (χ0v) is 16.8. The van der Waals surface area contributed by atoms with Gasteiger partial charge in [-0.1, -0.05) is 12.1 Å². The van der Waals surface area contributed by atoms with Crippen LogP contribution in [-0.2, 0) is 21.2 Å². The van der Waals surface area contributed by atoms with Gasteiger partial charge in [0, 0.05) is 11.7 Å². The first-order valence-corrected chi connectivity index (χ1v) is 10.9. The van der Waals surface area contributed by atoms with Crippen molar-refractivity contribution in [1.29, 1.82) is 0 Å². The summed E-state index contributed by atoms with van der Waals surface area (Å²) >= 11 is 0. The lowest BCUT2D eigenvalue weighted by atomic mass is 10.1. The molecular formula is C20H23N3O5S. The van der Waals surface area contributed by atoms with Crippen LogP contribution in [0.5, 0.6) is 11.5 Å². The first-order chi connectivity index (χ1) is 13.8. The molecule has 2 aromatic carbocycles. The van der Waals surface area contributed by atoms with E-state index in [1.54, 1.807) is 12.1 Å². The topological polar surface area (TPSA) is 111 Å². The first-order valence-electron chi connectivity index (χ1n) is 9.39.